The molecule has 0 aliphatic rings. The molecule has 3 rings (SSSR count). The molecule has 2 heterocycles. The highest BCUT2D eigenvalue weighted by molar-refractivity contribution is 6.30. The fourth-order valence-corrected chi connectivity index (χ4v) is 2.29. The second kappa shape index (κ2) is 9.01. The molecule has 0 unspecified atom stereocenters. The molecule has 28 heavy (non-hydrogen) atoms. The van der Waals surface area contributed by atoms with Crippen LogP contribution in [-0.4, -0.2) is 35.1 Å². The van der Waals surface area contributed by atoms with Crippen molar-refractivity contribution in [3.63, 3.8) is 0 Å². The lowest BCUT2D eigenvalue weighted by atomic mass is 10.2. The predicted molar refractivity (Wildman–Crippen MR) is 100 cm³/mol. The molecule has 0 aliphatic carbocycles. The zero-order chi connectivity index (χ0) is 19.9. The SMILES string of the molecule is COc1cc(OC)nc(Oc2cccnc2C(=O)OCc2ccc(Cl)cc2)n1. The first kappa shape index (κ1) is 19.4. The van der Waals surface area contributed by atoms with E-state index < -0.39 is 5.97 Å². The number of benzene rings is 1. The molecule has 0 radical (unpaired) electrons. The van der Waals surface area contributed by atoms with Gasteiger partial charge in [0.15, 0.2) is 11.4 Å². The van der Waals surface area contributed by atoms with Gasteiger partial charge in [0.2, 0.25) is 11.8 Å². The number of nitrogens with zero attached hydrogens (tertiary/aromatic N) is 3. The Bertz CT molecular complexity index is 944. The molecule has 1 aromatic carbocycles. The van der Waals surface area contributed by atoms with Gasteiger partial charge in [0, 0.05) is 11.2 Å². The molecular weight excluding hydrogens is 386 g/mol. The van der Waals surface area contributed by atoms with Crippen molar-refractivity contribution in [1.82, 2.24) is 15.0 Å². The number of hydrogen-bond acceptors (Lipinski definition) is 8. The normalized spacial score (nSPS) is 10.2. The van der Waals surface area contributed by atoms with Gasteiger partial charge in [0.25, 0.3) is 0 Å². The second-order valence-electron chi connectivity index (χ2n) is 5.39. The van der Waals surface area contributed by atoms with Crippen molar-refractivity contribution < 1.29 is 23.7 Å². The van der Waals surface area contributed by atoms with Crippen molar-refractivity contribution in [3.05, 3.63) is 64.9 Å². The summed E-state index contributed by atoms with van der Waals surface area (Å²) in [7, 11) is 2.91. The molecule has 0 bridgehead atoms. The quantitative estimate of drug-likeness (QED) is 0.553. The molecule has 0 fully saturated rings. The Morgan fingerprint density at radius 3 is 2.36 bits per heavy atom. The highest BCUT2D eigenvalue weighted by Crippen LogP contribution is 2.26. The summed E-state index contributed by atoms with van der Waals surface area (Å²) in [5.41, 5.74) is 0.777. The van der Waals surface area contributed by atoms with Crippen LogP contribution in [0.5, 0.6) is 23.5 Å². The average molecular weight is 402 g/mol. The minimum Gasteiger partial charge on any atom is -0.481 e. The van der Waals surface area contributed by atoms with Crippen molar-refractivity contribution in [3.8, 4) is 23.5 Å². The van der Waals surface area contributed by atoms with Crippen molar-refractivity contribution in [2.75, 3.05) is 14.2 Å². The van der Waals surface area contributed by atoms with Crippen LogP contribution in [-0.2, 0) is 11.3 Å². The van der Waals surface area contributed by atoms with Gasteiger partial charge < -0.3 is 18.9 Å². The van der Waals surface area contributed by atoms with Gasteiger partial charge in [-0.3, -0.25) is 0 Å². The largest absolute Gasteiger partial charge is 0.481 e. The Morgan fingerprint density at radius 1 is 1.04 bits per heavy atom. The van der Waals surface area contributed by atoms with Crippen LogP contribution in [0.25, 0.3) is 0 Å². The van der Waals surface area contributed by atoms with Crippen molar-refractivity contribution >= 4 is 17.6 Å². The van der Waals surface area contributed by atoms with E-state index in [2.05, 4.69) is 15.0 Å². The molecule has 3 aromatic rings. The molecule has 0 N–H and O–H groups in total. The molecule has 0 saturated carbocycles. The van der Waals surface area contributed by atoms with E-state index in [1.54, 1.807) is 36.4 Å². The summed E-state index contributed by atoms with van der Waals surface area (Å²) in [6.07, 6.45) is 1.46. The Hall–Kier alpha value is -3.39. The first-order chi connectivity index (χ1) is 13.6. The van der Waals surface area contributed by atoms with E-state index in [1.165, 1.54) is 26.5 Å². The number of rotatable bonds is 7. The first-order valence-corrected chi connectivity index (χ1v) is 8.48. The van der Waals surface area contributed by atoms with E-state index in [4.69, 9.17) is 30.5 Å². The number of aromatic nitrogens is 3. The third-order valence-electron chi connectivity index (χ3n) is 3.53. The van der Waals surface area contributed by atoms with Crippen LogP contribution in [0.4, 0.5) is 0 Å². The summed E-state index contributed by atoms with van der Waals surface area (Å²) >= 11 is 5.85. The van der Waals surface area contributed by atoms with Gasteiger partial charge in [-0.2, -0.15) is 9.97 Å². The number of methoxy groups -OCH3 is 2. The average Bonchev–Trinajstić information content (AvgIpc) is 2.73. The van der Waals surface area contributed by atoms with Crippen molar-refractivity contribution in [2.24, 2.45) is 0 Å². The van der Waals surface area contributed by atoms with Gasteiger partial charge in [-0.25, -0.2) is 9.78 Å². The molecule has 9 heteroatoms. The van der Waals surface area contributed by atoms with E-state index in [-0.39, 0.29) is 35.8 Å². The lowest BCUT2D eigenvalue weighted by molar-refractivity contribution is 0.0462. The lowest BCUT2D eigenvalue weighted by Gasteiger charge is -2.10. The molecule has 0 amide bonds. The summed E-state index contributed by atoms with van der Waals surface area (Å²) < 4.78 is 21.1. The number of carbonyl (C=O) groups excluding carboxylic acids is 1. The van der Waals surface area contributed by atoms with Gasteiger partial charge >= 0.3 is 12.0 Å². The van der Waals surface area contributed by atoms with Gasteiger partial charge in [0.1, 0.15) is 6.61 Å². The molecule has 0 aliphatic heterocycles. The molecular formula is C19H16ClN3O5. The number of esters is 1. The maximum atomic E-state index is 12.5. The number of ether oxygens (including phenoxy) is 4. The third kappa shape index (κ3) is 4.86. The van der Waals surface area contributed by atoms with Crippen LogP contribution >= 0.6 is 11.6 Å². The zero-order valence-corrected chi connectivity index (χ0v) is 15.8. The Morgan fingerprint density at radius 2 is 1.71 bits per heavy atom. The molecule has 0 spiro atoms. The predicted octanol–water partition coefficient (Wildman–Crippen LogP) is 3.69. The third-order valence-corrected chi connectivity index (χ3v) is 3.78. The van der Waals surface area contributed by atoms with E-state index in [1.807, 2.05) is 0 Å². The van der Waals surface area contributed by atoms with Gasteiger partial charge in [0.05, 0.1) is 20.3 Å². The smallest absolute Gasteiger partial charge is 0.361 e. The second-order valence-corrected chi connectivity index (χ2v) is 5.83. The topological polar surface area (TPSA) is 92.7 Å². The van der Waals surface area contributed by atoms with Crippen LogP contribution in [0, 0.1) is 0 Å². The van der Waals surface area contributed by atoms with Gasteiger partial charge in [-0.05, 0) is 29.8 Å². The van der Waals surface area contributed by atoms with Crippen LogP contribution < -0.4 is 14.2 Å². The van der Waals surface area contributed by atoms with E-state index in [0.29, 0.717) is 5.02 Å². The minimum atomic E-state index is -0.652. The maximum absolute atomic E-state index is 12.5. The van der Waals surface area contributed by atoms with Gasteiger partial charge in [-0.1, -0.05) is 23.7 Å². The first-order valence-electron chi connectivity index (χ1n) is 8.10. The van der Waals surface area contributed by atoms with E-state index in [0.717, 1.165) is 5.56 Å². The Balaban J connectivity index is 1.77. The van der Waals surface area contributed by atoms with Gasteiger partial charge in [-0.15, -0.1) is 0 Å². The summed E-state index contributed by atoms with van der Waals surface area (Å²) in [5.74, 6) is -0.0190. The van der Waals surface area contributed by atoms with Crippen LogP contribution in [0.15, 0.2) is 48.7 Å². The molecule has 144 valence electrons. The number of carbonyl (C=O) groups is 1. The van der Waals surface area contributed by atoms with Crippen LogP contribution in [0.3, 0.4) is 0 Å². The van der Waals surface area contributed by atoms with Crippen molar-refractivity contribution in [2.45, 2.75) is 6.61 Å². The fourth-order valence-electron chi connectivity index (χ4n) is 2.16. The zero-order valence-electron chi connectivity index (χ0n) is 15.1. The maximum Gasteiger partial charge on any atom is 0.361 e. The monoisotopic (exact) mass is 401 g/mol. The summed E-state index contributed by atoms with van der Waals surface area (Å²) in [5, 5.41) is 0.601. The molecule has 0 saturated heterocycles. The summed E-state index contributed by atoms with van der Waals surface area (Å²) in [6, 6.07) is 11.6. The number of hydrogen-bond donors (Lipinski definition) is 0. The fraction of sp³-hybridized carbons (Fsp3) is 0.158. The number of pyridine rings is 1. The Kier molecular flexibility index (Phi) is 6.23. The highest BCUT2D eigenvalue weighted by Gasteiger charge is 2.18. The van der Waals surface area contributed by atoms with Crippen LogP contribution in [0.2, 0.25) is 5.02 Å². The number of halogens is 1. The van der Waals surface area contributed by atoms with E-state index >= 15 is 0 Å². The molecule has 8 nitrogen and oxygen atoms in total. The van der Waals surface area contributed by atoms with E-state index in [9.17, 15) is 4.79 Å². The molecule has 2 aromatic heterocycles. The lowest BCUT2D eigenvalue weighted by Crippen LogP contribution is -2.09. The summed E-state index contributed by atoms with van der Waals surface area (Å²) in [6.45, 7) is 0.0650. The standard InChI is InChI=1S/C19H16ClN3O5/c1-25-15-10-16(26-2)23-19(22-15)28-14-4-3-9-21-17(14)18(24)27-11-12-5-7-13(20)8-6-12/h3-10H,11H2,1-2H3. The Labute approximate surface area is 166 Å². The minimum absolute atomic E-state index is 0.0122. The highest BCUT2D eigenvalue weighted by atomic mass is 35.5. The summed E-state index contributed by atoms with van der Waals surface area (Å²) in [4.78, 5) is 24.6. The van der Waals surface area contributed by atoms with Crippen molar-refractivity contribution in [1.29, 1.82) is 0 Å². The van der Waals surface area contributed by atoms with Crippen LogP contribution in [0.1, 0.15) is 16.1 Å². The molecule has 0 atom stereocenters.